The molecule has 0 radical (unpaired) electrons. The zero-order valence-electron chi connectivity index (χ0n) is 10.8. The van der Waals surface area contributed by atoms with Crippen LogP contribution in [0.1, 0.15) is 44.7 Å². The summed E-state index contributed by atoms with van der Waals surface area (Å²) in [5, 5.41) is 10.8. The summed E-state index contributed by atoms with van der Waals surface area (Å²) in [6.45, 7) is 6.38. The van der Waals surface area contributed by atoms with Crippen LogP contribution in [0.5, 0.6) is 0 Å². The van der Waals surface area contributed by atoms with Gasteiger partial charge < -0.3 is 5.11 Å². The molecule has 2 atom stereocenters. The van der Waals surface area contributed by atoms with Crippen molar-refractivity contribution in [1.82, 2.24) is 0 Å². The third kappa shape index (κ3) is 2.11. The van der Waals surface area contributed by atoms with Crippen molar-refractivity contribution in [3.63, 3.8) is 0 Å². The van der Waals surface area contributed by atoms with Crippen LogP contribution in [-0.4, -0.2) is 5.11 Å². The quantitative estimate of drug-likeness (QED) is 0.849. The van der Waals surface area contributed by atoms with Crippen LogP contribution in [0.15, 0.2) is 18.2 Å². The molecule has 0 saturated heterocycles. The monoisotopic (exact) mass is 236 g/mol. The summed E-state index contributed by atoms with van der Waals surface area (Å²) < 4.78 is 13.6. The van der Waals surface area contributed by atoms with Gasteiger partial charge in [0.2, 0.25) is 0 Å². The summed E-state index contributed by atoms with van der Waals surface area (Å²) >= 11 is 0. The molecule has 1 N–H and O–H groups in total. The standard InChI is InChI=1S/C15H21FO/c1-10(2)9-11(3)15(17)8-7-12-13(15)5-4-6-14(12)16/h4-6,10-11,17H,7-9H2,1-3H3. The second-order valence-corrected chi connectivity index (χ2v) is 5.72. The topological polar surface area (TPSA) is 20.2 Å². The van der Waals surface area contributed by atoms with Crippen LogP contribution in [0.3, 0.4) is 0 Å². The average Bonchev–Trinajstić information content (AvgIpc) is 2.59. The van der Waals surface area contributed by atoms with E-state index in [-0.39, 0.29) is 11.7 Å². The molecule has 2 heteroatoms. The van der Waals surface area contributed by atoms with Gasteiger partial charge in [0, 0.05) is 0 Å². The lowest BCUT2D eigenvalue weighted by Crippen LogP contribution is -2.31. The Kier molecular flexibility index (Phi) is 3.26. The highest BCUT2D eigenvalue weighted by Gasteiger charge is 2.42. The minimum absolute atomic E-state index is 0.171. The molecule has 17 heavy (non-hydrogen) atoms. The van der Waals surface area contributed by atoms with Gasteiger partial charge in [-0.2, -0.15) is 0 Å². The van der Waals surface area contributed by atoms with E-state index in [9.17, 15) is 9.50 Å². The lowest BCUT2D eigenvalue weighted by Gasteiger charge is -2.32. The fourth-order valence-corrected chi connectivity index (χ4v) is 3.08. The third-order valence-electron chi connectivity index (χ3n) is 3.98. The summed E-state index contributed by atoms with van der Waals surface area (Å²) in [6, 6.07) is 5.06. The van der Waals surface area contributed by atoms with Crippen LogP contribution < -0.4 is 0 Å². The Labute approximate surface area is 103 Å². The molecule has 0 spiro atoms. The van der Waals surface area contributed by atoms with Crippen molar-refractivity contribution >= 4 is 0 Å². The molecule has 0 fully saturated rings. The molecule has 0 amide bonds. The number of benzene rings is 1. The molecule has 1 aliphatic rings. The molecule has 2 rings (SSSR count). The van der Waals surface area contributed by atoms with Gasteiger partial charge in [-0.1, -0.05) is 32.9 Å². The molecule has 1 aliphatic carbocycles. The Balaban J connectivity index is 2.34. The van der Waals surface area contributed by atoms with E-state index in [0.717, 1.165) is 12.0 Å². The van der Waals surface area contributed by atoms with E-state index in [1.165, 1.54) is 6.07 Å². The van der Waals surface area contributed by atoms with Crippen molar-refractivity contribution in [2.75, 3.05) is 0 Å². The SMILES string of the molecule is CC(C)CC(C)C1(O)CCc2c(F)cccc21. The predicted octanol–water partition coefficient (Wildman–Crippen LogP) is 3.64. The van der Waals surface area contributed by atoms with Gasteiger partial charge in [0.25, 0.3) is 0 Å². The first-order valence-corrected chi connectivity index (χ1v) is 6.45. The van der Waals surface area contributed by atoms with Crippen LogP contribution in [0, 0.1) is 17.7 Å². The lowest BCUT2D eigenvalue weighted by atomic mass is 9.79. The Bertz CT molecular complexity index is 413. The van der Waals surface area contributed by atoms with E-state index in [2.05, 4.69) is 20.8 Å². The number of rotatable bonds is 3. The van der Waals surface area contributed by atoms with E-state index < -0.39 is 5.60 Å². The number of halogens is 1. The third-order valence-corrected chi connectivity index (χ3v) is 3.98. The van der Waals surface area contributed by atoms with Gasteiger partial charge in [-0.3, -0.25) is 0 Å². The van der Waals surface area contributed by atoms with Gasteiger partial charge in [-0.05, 0) is 48.3 Å². The molecule has 0 heterocycles. The molecule has 0 bridgehead atoms. The Morgan fingerprint density at radius 1 is 1.35 bits per heavy atom. The number of fused-ring (bicyclic) bond motifs is 1. The van der Waals surface area contributed by atoms with E-state index in [1.807, 2.05) is 6.07 Å². The minimum atomic E-state index is -0.832. The molecule has 1 nitrogen and oxygen atoms in total. The molecule has 0 aliphatic heterocycles. The van der Waals surface area contributed by atoms with E-state index in [4.69, 9.17) is 0 Å². The van der Waals surface area contributed by atoms with Crippen molar-refractivity contribution in [1.29, 1.82) is 0 Å². The maximum atomic E-state index is 13.6. The van der Waals surface area contributed by atoms with Crippen molar-refractivity contribution in [3.05, 3.63) is 35.1 Å². The van der Waals surface area contributed by atoms with Gasteiger partial charge in [-0.15, -0.1) is 0 Å². The average molecular weight is 236 g/mol. The molecule has 1 aromatic rings. The number of hydrogen-bond donors (Lipinski definition) is 1. The zero-order chi connectivity index (χ0) is 12.6. The molecule has 2 unspecified atom stereocenters. The van der Waals surface area contributed by atoms with Gasteiger partial charge in [-0.25, -0.2) is 4.39 Å². The summed E-state index contributed by atoms with van der Waals surface area (Å²) in [5.41, 5.74) is 0.693. The smallest absolute Gasteiger partial charge is 0.126 e. The van der Waals surface area contributed by atoms with Crippen LogP contribution in [0.2, 0.25) is 0 Å². The summed E-state index contributed by atoms with van der Waals surface area (Å²) in [6.07, 6.45) is 2.27. The Morgan fingerprint density at radius 3 is 2.71 bits per heavy atom. The van der Waals surface area contributed by atoms with Gasteiger partial charge in [0.15, 0.2) is 0 Å². The van der Waals surface area contributed by atoms with Crippen LogP contribution in [-0.2, 0) is 12.0 Å². The highest BCUT2D eigenvalue weighted by molar-refractivity contribution is 5.38. The van der Waals surface area contributed by atoms with Crippen LogP contribution in [0.25, 0.3) is 0 Å². The lowest BCUT2D eigenvalue weighted by molar-refractivity contribution is -0.0230. The molecular weight excluding hydrogens is 215 g/mol. The second-order valence-electron chi connectivity index (χ2n) is 5.72. The summed E-state index contributed by atoms with van der Waals surface area (Å²) in [4.78, 5) is 0. The molecule has 1 aromatic carbocycles. The second kappa shape index (κ2) is 4.41. The van der Waals surface area contributed by atoms with Crippen molar-refractivity contribution in [3.8, 4) is 0 Å². The first-order valence-electron chi connectivity index (χ1n) is 6.45. The van der Waals surface area contributed by atoms with Crippen molar-refractivity contribution in [2.24, 2.45) is 11.8 Å². The van der Waals surface area contributed by atoms with Gasteiger partial charge in [0.05, 0.1) is 5.60 Å². The van der Waals surface area contributed by atoms with Gasteiger partial charge >= 0.3 is 0 Å². The minimum Gasteiger partial charge on any atom is -0.385 e. The first kappa shape index (κ1) is 12.6. The fraction of sp³-hybridized carbons (Fsp3) is 0.600. The normalized spacial score (nSPS) is 25.1. The first-order chi connectivity index (χ1) is 7.95. The molecule has 94 valence electrons. The highest BCUT2D eigenvalue weighted by atomic mass is 19.1. The Morgan fingerprint density at radius 2 is 2.06 bits per heavy atom. The van der Waals surface area contributed by atoms with Crippen LogP contribution >= 0.6 is 0 Å². The molecule has 0 aromatic heterocycles. The molecular formula is C15H21FO. The zero-order valence-corrected chi connectivity index (χ0v) is 10.8. The number of aliphatic hydroxyl groups is 1. The molecule has 0 saturated carbocycles. The summed E-state index contributed by atoms with van der Waals surface area (Å²) in [5.74, 6) is 0.548. The van der Waals surface area contributed by atoms with Crippen molar-refractivity contribution in [2.45, 2.75) is 45.6 Å². The van der Waals surface area contributed by atoms with E-state index in [1.54, 1.807) is 6.07 Å². The van der Waals surface area contributed by atoms with Crippen LogP contribution in [0.4, 0.5) is 4.39 Å². The fourth-order valence-electron chi connectivity index (χ4n) is 3.08. The van der Waals surface area contributed by atoms with Gasteiger partial charge in [0.1, 0.15) is 5.82 Å². The van der Waals surface area contributed by atoms with E-state index >= 15 is 0 Å². The highest BCUT2D eigenvalue weighted by Crippen LogP contribution is 2.44. The largest absolute Gasteiger partial charge is 0.385 e. The maximum Gasteiger partial charge on any atom is 0.126 e. The number of hydrogen-bond acceptors (Lipinski definition) is 1. The summed E-state index contributed by atoms with van der Waals surface area (Å²) in [7, 11) is 0. The predicted molar refractivity (Wildman–Crippen MR) is 67.2 cm³/mol. The van der Waals surface area contributed by atoms with Crippen molar-refractivity contribution < 1.29 is 9.50 Å². The maximum absolute atomic E-state index is 13.6. The Hall–Kier alpha value is -0.890. The van der Waals surface area contributed by atoms with E-state index in [0.29, 0.717) is 24.3 Å².